The number of nitrogens with one attached hydrogen (secondary N) is 2. The van der Waals surface area contributed by atoms with Gasteiger partial charge in [0, 0.05) is 42.1 Å². The topological polar surface area (TPSA) is 75.3 Å². The van der Waals surface area contributed by atoms with Gasteiger partial charge in [-0.15, -0.1) is 0 Å². The third kappa shape index (κ3) is 6.39. The van der Waals surface area contributed by atoms with Crippen molar-refractivity contribution in [2.24, 2.45) is 0 Å². The van der Waals surface area contributed by atoms with E-state index in [1.54, 1.807) is 48.5 Å². The lowest BCUT2D eigenvalue weighted by Crippen LogP contribution is -2.34. The van der Waals surface area contributed by atoms with Crippen LogP contribution in [0.5, 0.6) is 0 Å². The van der Waals surface area contributed by atoms with Crippen molar-refractivity contribution >= 4 is 29.2 Å². The van der Waals surface area contributed by atoms with E-state index in [1.165, 1.54) is 0 Å². The fourth-order valence-corrected chi connectivity index (χ4v) is 2.29. The van der Waals surface area contributed by atoms with Crippen molar-refractivity contribution in [3.8, 4) is 0 Å². The summed E-state index contributed by atoms with van der Waals surface area (Å²) in [6, 6.07) is 15.4. The maximum Gasteiger partial charge on any atom is 0.251 e. The van der Waals surface area contributed by atoms with E-state index in [2.05, 4.69) is 10.6 Å². The zero-order chi connectivity index (χ0) is 18.1. The first-order valence-electron chi connectivity index (χ1n) is 7.95. The van der Waals surface area contributed by atoms with Crippen molar-refractivity contribution in [1.82, 2.24) is 10.6 Å². The van der Waals surface area contributed by atoms with Crippen LogP contribution in [-0.2, 0) is 4.79 Å². The summed E-state index contributed by atoms with van der Waals surface area (Å²) in [5.41, 5.74) is 1.11. The predicted octanol–water partition coefficient (Wildman–Crippen LogP) is 2.85. The molecule has 5 nitrogen and oxygen atoms in total. The van der Waals surface area contributed by atoms with Crippen LogP contribution in [0.25, 0.3) is 0 Å². The first kappa shape index (κ1) is 18.7. The van der Waals surface area contributed by atoms with Crippen LogP contribution in [-0.4, -0.2) is 30.7 Å². The first-order chi connectivity index (χ1) is 12.1. The summed E-state index contributed by atoms with van der Waals surface area (Å²) in [5.74, 6) is -0.512. The molecule has 0 aliphatic heterocycles. The molecule has 0 saturated heterocycles. The minimum atomic E-state index is -0.231. The van der Waals surface area contributed by atoms with Gasteiger partial charge < -0.3 is 10.6 Å². The monoisotopic (exact) mass is 358 g/mol. The summed E-state index contributed by atoms with van der Waals surface area (Å²) >= 11 is 5.77. The van der Waals surface area contributed by atoms with E-state index in [0.29, 0.717) is 29.2 Å². The first-order valence-corrected chi connectivity index (χ1v) is 8.33. The maximum absolute atomic E-state index is 11.9. The number of carbonyl (C=O) groups is 3. The molecule has 2 amide bonds. The van der Waals surface area contributed by atoms with Crippen molar-refractivity contribution in [1.29, 1.82) is 0 Å². The minimum absolute atomic E-state index is 0.0632. The van der Waals surface area contributed by atoms with Gasteiger partial charge in [-0.25, -0.2) is 0 Å². The van der Waals surface area contributed by atoms with E-state index in [-0.39, 0.29) is 30.4 Å². The minimum Gasteiger partial charge on any atom is -0.354 e. The van der Waals surface area contributed by atoms with E-state index in [4.69, 9.17) is 11.6 Å². The second-order valence-corrected chi connectivity index (χ2v) is 5.84. The number of Topliss-reactive ketones (excluding diaryl/α,β-unsaturated/α-hetero) is 1. The molecule has 0 radical (unpaired) electrons. The lowest BCUT2D eigenvalue weighted by atomic mass is 10.1. The average Bonchev–Trinajstić information content (AvgIpc) is 2.64. The van der Waals surface area contributed by atoms with Crippen LogP contribution in [0.4, 0.5) is 0 Å². The van der Waals surface area contributed by atoms with Gasteiger partial charge >= 0.3 is 0 Å². The van der Waals surface area contributed by atoms with Crippen molar-refractivity contribution < 1.29 is 14.4 Å². The largest absolute Gasteiger partial charge is 0.354 e. The number of amides is 2. The van der Waals surface area contributed by atoms with E-state index in [9.17, 15) is 14.4 Å². The van der Waals surface area contributed by atoms with Crippen LogP contribution in [0.1, 0.15) is 33.6 Å². The van der Waals surface area contributed by atoms with Gasteiger partial charge in [0.15, 0.2) is 5.78 Å². The zero-order valence-corrected chi connectivity index (χ0v) is 14.4. The van der Waals surface area contributed by atoms with Gasteiger partial charge in [0.25, 0.3) is 5.91 Å². The molecule has 0 spiro atoms. The maximum atomic E-state index is 11.9. The summed E-state index contributed by atoms with van der Waals surface area (Å²) in [4.78, 5) is 35.5. The quantitative estimate of drug-likeness (QED) is 0.563. The van der Waals surface area contributed by atoms with E-state index < -0.39 is 0 Å². The number of benzene rings is 2. The average molecular weight is 359 g/mol. The van der Waals surface area contributed by atoms with Crippen LogP contribution >= 0.6 is 11.6 Å². The summed E-state index contributed by atoms with van der Waals surface area (Å²) in [6.45, 7) is 0.609. The number of hydrogen-bond donors (Lipinski definition) is 2. The van der Waals surface area contributed by atoms with E-state index in [1.807, 2.05) is 6.07 Å². The summed E-state index contributed by atoms with van der Waals surface area (Å²) in [5, 5.41) is 5.94. The third-order valence-electron chi connectivity index (χ3n) is 3.51. The van der Waals surface area contributed by atoms with Crippen molar-refractivity contribution in [3.63, 3.8) is 0 Å². The molecular formula is C19H19ClN2O3. The van der Waals surface area contributed by atoms with Gasteiger partial charge in [0.2, 0.25) is 5.91 Å². The van der Waals surface area contributed by atoms with Crippen molar-refractivity contribution in [2.45, 2.75) is 12.8 Å². The second-order valence-electron chi connectivity index (χ2n) is 5.40. The molecule has 0 aliphatic rings. The molecule has 0 atom stereocenters. The number of halogens is 1. The Morgan fingerprint density at radius 3 is 2.08 bits per heavy atom. The van der Waals surface area contributed by atoms with Gasteiger partial charge in [-0.1, -0.05) is 41.9 Å². The highest BCUT2D eigenvalue weighted by molar-refractivity contribution is 6.30. The Labute approximate surface area is 151 Å². The van der Waals surface area contributed by atoms with Crippen molar-refractivity contribution in [2.75, 3.05) is 13.1 Å². The number of carbonyl (C=O) groups excluding carboxylic acids is 3. The van der Waals surface area contributed by atoms with Crippen LogP contribution < -0.4 is 10.6 Å². The fourth-order valence-electron chi connectivity index (χ4n) is 2.17. The molecule has 0 fully saturated rings. The summed E-state index contributed by atoms with van der Waals surface area (Å²) in [6.07, 6.45) is 0.284. The molecule has 2 rings (SSSR count). The molecule has 2 aromatic carbocycles. The molecule has 130 valence electrons. The van der Waals surface area contributed by atoms with Crippen LogP contribution in [0.2, 0.25) is 5.02 Å². The lowest BCUT2D eigenvalue weighted by Gasteiger charge is -2.07. The fraction of sp³-hybridized carbons (Fsp3) is 0.211. The summed E-state index contributed by atoms with van der Waals surface area (Å²) < 4.78 is 0. The van der Waals surface area contributed by atoms with Gasteiger partial charge in [-0.05, 0) is 24.3 Å². The van der Waals surface area contributed by atoms with Crippen LogP contribution in [0.3, 0.4) is 0 Å². The number of rotatable bonds is 8. The normalized spacial score (nSPS) is 10.1. The standard InChI is InChI=1S/C19H19ClN2O3/c20-16-8-6-15(7-9-16)19(25)22-13-12-21-18(24)11-10-17(23)14-4-2-1-3-5-14/h1-9H,10-13H2,(H,21,24)(H,22,25). The highest BCUT2D eigenvalue weighted by Crippen LogP contribution is 2.09. The molecule has 25 heavy (non-hydrogen) atoms. The smallest absolute Gasteiger partial charge is 0.251 e. The van der Waals surface area contributed by atoms with E-state index >= 15 is 0 Å². The molecule has 0 bridgehead atoms. The van der Waals surface area contributed by atoms with E-state index in [0.717, 1.165) is 0 Å². The Morgan fingerprint density at radius 1 is 0.760 bits per heavy atom. The molecule has 0 saturated carbocycles. The van der Waals surface area contributed by atoms with Crippen LogP contribution in [0.15, 0.2) is 54.6 Å². The second kappa shape index (κ2) is 9.59. The Balaban J connectivity index is 1.63. The highest BCUT2D eigenvalue weighted by Gasteiger charge is 2.09. The Morgan fingerprint density at radius 2 is 1.40 bits per heavy atom. The molecule has 0 unspecified atom stereocenters. The number of hydrogen-bond acceptors (Lipinski definition) is 3. The van der Waals surface area contributed by atoms with Crippen molar-refractivity contribution in [3.05, 3.63) is 70.7 Å². The van der Waals surface area contributed by atoms with Crippen LogP contribution in [0, 0.1) is 0 Å². The summed E-state index contributed by atoms with van der Waals surface area (Å²) in [7, 11) is 0. The number of ketones is 1. The molecule has 2 N–H and O–H groups in total. The molecule has 2 aromatic rings. The predicted molar refractivity (Wildman–Crippen MR) is 96.8 cm³/mol. The third-order valence-corrected chi connectivity index (χ3v) is 3.77. The molecule has 0 heterocycles. The Bertz CT molecular complexity index is 730. The van der Waals surface area contributed by atoms with Gasteiger partial charge in [-0.2, -0.15) is 0 Å². The molecule has 6 heteroatoms. The lowest BCUT2D eigenvalue weighted by molar-refractivity contribution is -0.121. The van der Waals surface area contributed by atoms with Gasteiger partial charge in [-0.3, -0.25) is 14.4 Å². The highest BCUT2D eigenvalue weighted by atomic mass is 35.5. The molecule has 0 aliphatic carbocycles. The van der Waals surface area contributed by atoms with Gasteiger partial charge in [0.05, 0.1) is 0 Å². The SMILES string of the molecule is O=C(CCC(=O)c1ccccc1)NCCNC(=O)c1ccc(Cl)cc1. The zero-order valence-electron chi connectivity index (χ0n) is 13.6. The molecular weight excluding hydrogens is 340 g/mol. The Kier molecular flexibility index (Phi) is 7.16. The molecule has 0 aromatic heterocycles. The Hall–Kier alpha value is -2.66. The van der Waals surface area contributed by atoms with Gasteiger partial charge in [0.1, 0.15) is 0 Å².